The van der Waals surface area contributed by atoms with Gasteiger partial charge >= 0.3 is 6.18 Å². The fourth-order valence-corrected chi connectivity index (χ4v) is 4.50. The second-order valence-corrected chi connectivity index (χ2v) is 8.08. The molecule has 0 spiro atoms. The van der Waals surface area contributed by atoms with Crippen LogP contribution >= 0.6 is 11.6 Å². The zero-order chi connectivity index (χ0) is 21.1. The van der Waals surface area contributed by atoms with E-state index in [1.807, 2.05) is 0 Å². The molecular weight excluding hydrogens is 419 g/mol. The summed E-state index contributed by atoms with van der Waals surface area (Å²) in [4.78, 5) is -0.591. The Morgan fingerprint density at radius 3 is 2.21 bits per heavy atom. The molecule has 0 amide bonds. The van der Waals surface area contributed by atoms with Crippen LogP contribution < -0.4 is 9.47 Å². The van der Waals surface area contributed by atoms with Gasteiger partial charge in [0.2, 0.25) is 10.0 Å². The summed E-state index contributed by atoms with van der Waals surface area (Å²) < 4.78 is 76.3. The van der Waals surface area contributed by atoms with Crippen molar-refractivity contribution in [2.24, 2.45) is 0 Å². The van der Waals surface area contributed by atoms with Gasteiger partial charge in [0.05, 0.1) is 24.8 Å². The molecule has 0 heterocycles. The quantitative estimate of drug-likeness (QED) is 0.636. The molecule has 0 aliphatic rings. The Balaban J connectivity index is 2.43. The lowest BCUT2D eigenvalue weighted by Gasteiger charge is -2.22. The molecular formula is C18H19ClF3NO4S. The summed E-state index contributed by atoms with van der Waals surface area (Å²) in [7, 11) is -1.36. The number of ether oxygens (including phenoxy) is 2. The lowest BCUT2D eigenvalue weighted by molar-refractivity contribution is -0.137. The molecule has 0 unspecified atom stereocenters. The largest absolute Gasteiger partial charge is 0.493 e. The van der Waals surface area contributed by atoms with Crippen LogP contribution in [0.4, 0.5) is 13.2 Å². The van der Waals surface area contributed by atoms with Crippen molar-refractivity contribution in [3.05, 3.63) is 52.5 Å². The van der Waals surface area contributed by atoms with Gasteiger partial charge in [-0.15, -0.1) is 0 Å². The number of hydrogen-bond acceptors (Lipinski definition) is 4. The van der Waals surface area contributed by atoms with Crippen LogP contribution in [-0.2, 0) is 22.7 Å². The highest BCUT2D eigenvalue weighted by atomic mass is 35.5. The van der Waals surface area contributed by atoms with Crippen molar-refractivity contribution in [2.45, 2.75) is 24.5 Å². The molecule has 0 saturated heterocycles. The van der Waals surface area contributed by atoms with E-state index >= 15 is 0 Å². The van der Waals surface area contributed by atoms with Crippen LogP contribution in [0, 0.1) is 0 Å². The molecule has 0 aromatic heterocycles. The zero-order valence-electron chi connectivity index (χ0n) is 15.4. The normalized spacial score (nSPS) is 12.3. The van der Waals surface area contributed by atoms with Crippen molar-refractivity contribution < 1.29 is 31.1 Å². The van der Waals surface area contributed by atoms with Gasteiger partial charge in [-0.25, -0.2) is 8.42 Å². The Morgan fingerprint density at radius 2 is 1.68 bits per heavy atom. The summed E-state index contributed by atoms with van der Waals surface area (Å²) in [6.45, 7) is 1.54. The van der Waals surface area contributed by atoms with Gasteiger partial charge in [0.1, 0.15) is 4.90 Å². The monoisotopic (exact) mass is 437 g/mol. The van der Waals surface area contributed by atoms with Crippen LogP contribution in [0.25, 0.3) is 0 Å². The van der Waals surface area contributed by atoms with E-state index in [2.05, 4.69) is 0 Å². The number of rotatable bonds is 7. The van der Waals surface area contributed by atoms with Crippen molar-refractivity contribution in [1.82, 2.24) is 4.31 Å². The van der Waals surface area contributed by atoms with E-state index in [1.165, 1.54) is 14.2 Å². The second kappa shape index (κ2) is 8.59. The number of benzene rings is 2. The number of hydrogen-bond donors (Lipinski definition) is 0. The number of sulfonamides is 1. The van der Waals surface area contributed by atoms with E-state index in [1.54, 1.807) is 25.1 Å². The van der Waals surface area contributed by atoms with E-state index in [9.17, 15) is 21.6 Å². The maximum atomic E-state index is 13.0. The first kappa shape index (κ1) is 22.3. The van der Waals surface area contributed by atoms with E-state index in [0.717, 1.165) is 16.4 Å². The predicted molar refractivity (Wildman–Crippen MR) is 99.3 cm³/mol. The molecule has 0 aliphatic carbocycles. The maximum Gasteiger partial charge on any atom is 0.416 e. The van der Waals surface area contributed by atoms with Gasteiger partial charge < -0.3 is 9.47 Å². The van der Waals surface area contributed by atoms with Crippen molar-refractivity contribution >= 4 is 21.6 Å². The standard InChI is InChI=1S/C18H19ClF3NO4S/c1-4-23(11-12-5-8-15(26-2)16(9-12)27-3)28(24,25)17-10-13(18(20,21)22)6-7-14(17)19/h5-10H,4,11H2,1-3H3. The summed E-state index contributed by atoms with van der Waals surface area (Å²) in [5.41, 5.74) is -0.510. The van der Waals surface area contributed by atoms with Crippen molar-refractivity contribution in [3.63, 3.8) is 0 Å². The molecule has 5 nitrogen and oxygen atoms in total. The van der Waals surface area contributed by atoms with E-state index < -0.39 is 26.7 Å². The van der Waals surface area contributed by atoms with Gasteiger partial charge in [-0.3, -0.25) is 0 Å². The average molecular weight is 438 g/mol. The van der Waals surface area contributed by atoms with Crippen LogP contribution in [0.15, 0.2) is 41.3 Å². The minimum Gasteiger partial charge on any atom is -0.493 e. The Kier molecular flexibility index (Phi) is 6.84. The Morgan fingerprint density at radius 1 is 1.04 bits per heavy atom. The Labute approximate surface area is 166 Å². The maximum absolute atomic E-state index is 13.0. The van der Waals surface area contributed by atoms with Gasteiger partial charge in [0.25, 0.3) is 0 Å². The molecule has 2 aromatic carbocycles. The second-order valence-electron chi connectivity index (χ2n) is 5.76. The molecule has 0 saturated carbocycles. The Bertz CT molecular complexity index is 948. The lowest BCUT2D eigenvalue weighted by Crippen LogP contribution is -2.31. The summed E-state index contributed by atoms with van der Waals surface area (Å²) in [5.74, 6) is 0.878. The van der Waals surface area contributed by atoms with Crippen molar-refractivity contribution in [2.75, 3.05) is 20.8 Å². The number of alkyl halides is 3. The van der Waals surface area contributed by atoms with Gasteiger partial charge in [0, 0.05) is 13.1 Å². The molecule has 28 heavy (non-hydrogen) atoms. The minimum absolute atomic E-state index is 0.0310. The summed E-state index contributed by atoms with van der Waals surface area (Å²) >= 11 is 5.91. The lowest BCUT2D eigenvalue weighted by atomic mass is 10.2. The average Bonchev–Trinajstić information content (AvgIpc) is 2.64. The summed E-state index contributed by atoms with van der Waals surface area (Å²) in [6, 6.07) is 7.09. The van der Waals surface area contributed by atoms with E-state index in [-0.39, 0.29) is 18.1 Å². The number of nitrogens with zero attached hydrogens (tertiary/aromatic N) is 1. The highest BCUT2D eigenvalue weighted by molar-refractivity contribution is 7.89. The Hall–Kier alpha value is -1.97. The van der Waals surface area contributed by atoms with Crippen LogP contribution in [0.5, 0.6) is 11.5 Å². The van der Waals surface area contributed by atoms with Gasteiger partial charge in [-0.05, 0) is 35.9 Å². The molecule has 0 bridgehead atoms. The van der Waals surface area contributed by atoms with E-state index in [0.29, 0.717) is 23.1 Å². The molecule has 0 fully saturated rings. The summed E-state index contributed by atoms with van der Waals surface area (Å²) in [5, 5.41) is -0.279. The van der Waals surface area contributed by atoms with Crippen LogP contribution in [-0.4, -0.2) is 33.5 Å². The summed E-state index contributed by atoms with van der Waals surface area (Å²) in [6.07, 6.45) is -4.69. The SMILES string of the molecule is CCN(Cc1ccc(OC)c(OC)c1)S(=O)(=O)c1cc(C(F)(F)F)ccc1Cl. The third-order valence-corrected chi connectivity index (χ3v) is 6.44. The minimum atomic E-state index is -4.69. The van der Waals surface area contributed by atoms with Gasteiger partial charge in [-0.2, -0.15) is 17.5 Å². The predicted octanol–water partition coefficient (Wildman–Crippen LogP) is 4.59. The third-order valence-electron chi connectivity index (χ3n) is 4.04. The first-order valence-electron chi connectivity index (χ1n) is 8.12. The molecule has 0 radical (unpaired) electrons. The topological polar surface area (TPSA) is 55.8 Å². The molecule has 0 N–H and O–H groups in total. The van der Waals surface area contributed by atoms with Gasteiger partial charge in [0.15, 0.2) is 11.5 Å². The highest BCUT2D eigenvalue weighted by Crippen LogP contribution is 2.35. The molecule has 154 valence electrons. The van der Waals surface area contributed by atoms with Gasteiger partial charge in [-0.1, -0.05) is 24.6 Å². The van der Waals surface area contributed by atoms with Crippen LogP contribution in [0.1, 0.15) is 18.1 Å². The van der Waals surface area contributed by atoms with Crippen LogP contribution in [0.3, 0.4) is 0 Å². The number of methoxy groups -OCH3 is 2. The molecule has 0 aliphatic heterocycles. The zero-order valence-corrected chi connectivity index (χ0v) is 17.0. The van der Waals surface area contributed by atoms with Crippen molar-refractivity contribution in [3.8, 4) is 11.5 Å². The fourth-order valence-electron chi connectivity index (χ4n) is 2.57. The number of halogens is 4. The first-order chi connectivity index (χ1) is 13.0. The molecule has 10 heteroatoms. The third kappa shape index (κ3) is 4.71. The van der Waals surface area contributed by atoms with Crippen molar-refractivity contribution in [1.29, 1.82) is 0 Å². The highest BCUT2D eigenvalue weighted by Gasteiger charge is 2.34. The molecule has 2 aromatic rings. The van der Waals surface area contributed by atoms with E-state index in [4.69, 9.17) is 21.1 Å². The first-order valence-corrected chi connectivity index (χ1v) is 9.94. The van der Waals surface area contributed by atoms with Crippen LogP contribution in [0.2, 0.25) is 5.02 Å². The molecule has 2 rings (SSSR count). The molecule has 0 atom stereocenters. The fraction of sp³-hybridized carbons (Fsp3) is 0.333. The smallest absolute Gasteiger partial charge is 0.416 e.